The molecule has 3 heterocycles. The van der Waals surface area contributed by atoms with Gasteiger partial charge in [-0.05, 0) is 126 Å². The SMILES string of the molecule is CC[C@H](C)[C@@H]1NC(=O)[C@H](CC)N(C)C(=O)C[C@@H](C(=O)N2CCCC2)N(C)C(=O)[C@H](C2CCCCC2)N(C)C(=O)C2(CCCC2)NC(=O)[C@@H]2CCCN2C(=O)[C@H](CCC2CCC(C(F)(F)F)C(Cl)C2)NC(=O)CN(C)C(=O)[C@H](CC2CCC(C)CC2)N(C)C(=O)CN(C)C(=O)CN(C)C1=O. The normalized spacial score (nSPS) is 31.4. The molecule has 3 unspecified atom stereocenters. The largest absolute Gasteiger partial charge is 0.393 e. The van der Waals surface area contributed by atoms with Crippen molar-refractivity contribution >= 4 is 82.5 Å². The zero-order valence-corrected chi connectivity index (χ0v) is 61.4. The molecule has 24 nitrogen and oxygen atoms in total. The monoisotopic (exact) mass is 1420 g/mol. The standard InChI is InChI=1S/C71H114ClF3N12O12/c1-12-45(4)60-67(97)81(7)42-58(90)79(5)43-59(91)83(9)54(39-47-27-25-44(3)26-28-47)65(95)80(6)41-56(88)76-51(32-30-46-29-31-49(50(72)38-46)71(73,74)75)64(94)87-37-21-24-53(87)63(93)78-70(33-17-18-34-70)69(99)85(11)61(48-22-15-14-16-23-48)68(98)84(10)55(66(96)86-35-19-20-36-86)40-57(89)82(8)52(13-2)62(92)77-60/h44-55,60-61H,12-43H2,1-11H3,(H,76,88)(H,77,92)(H,78,93)/t44?,45-,46?,47?,49?,50?,51-,52-,53-,54-,55-,60-,61-/m0/s1. The third-order valence-corrected chi connectivity index (χ3v) is 23.8. The van der Waals surface area contributed by atoms with Crippen LogP contribution in [0.5, 0.6) is 0 Å². The van der Waals surface area contributed by atoms with E-state index in [4.69, 9.17) is 11.6 Å². The Labute approximate surface area is 588 Å². The third-order valence-electron chi connectivity index (χ3n) is 23.3. The average Bonchev–Trinajstić information content (AvgIpc) is 1.76. The van der Waals surface area contributed by atoms with E-state index < -0.39 is 168 Å². The number of fused-ring (bicyclic) bond motifs is 1. The van der Waals surface area contributed by atoms with Gasteiger partial charge in [0.15, 0.2) is 0 Å². The minimum Gasteiger partial charge on any atom is -0.343 e. The number of rotatable bonds is 10. The lowest BCUT2D eigenvalue weighted by Gasteiger charge is -2.43. The summed E-state index contributed by atoms with van der Waals surface area (Å²) < 4.78 is 42.0. The van der Waals surface area contributed by atoms with Crippen LogP contribution in [0, 0.1) is 35.5 Å². The molecule has 0 aromatic heterocycles. The van der Waals surface area contributed by atoms with E-state index in [9.17, 15) is 51.5 Å². The Morgan fingerprint density at radius 3 is 1.81 bits per heavy atom. The number of nitrogens with one attached hydrogen (secondary N) is 3. The van der Waals surface area contributed by atoms with Crippen LogP contribution in [0.15, 0.2) is 0 Å². The van der Waals surface area contributed by atoms with Crippen LogP contribution in [-0.2, 0) is 57.5 Å². The van der Waals surface area contributed by atoms with E-state index in [-0.39, 0.29) is 88.5 Å². The summed E-state index contributed by atoms with van der Waals surface area (Å²) in [6, 6.07) is -8.48. The van der Waals surface area contributed by atoms with E-state index >= 15 is 19.2 Å². The number of hydrogen-bond donors (Lipinski definition) is 3. The van der Waals surface area contributed by atoms with Gasteiger partial charge in [0.2, 0.25) is 70.9 Å². The second-order valence-corrected chi connectivity index (χ2v) is 30.9. The Kier molecular flexibility index (Phi) is 28.7. The molecule has 11 atom stereocenters. The lowest BCUT2D eigenvalue weighted by atomic mass is 9.78. The maximum atomic E-state index is 15.7. The van der Waals surface area contributed by atoms with Crippen LogP contribution < -0.4 is 16.0 Å². The highest BCUT2D eigenvalue weighted by Gasteiger charge is 2.52. The van der Waals surface area contributed by atoms with Crippen LogP contribution in [0.1, 0.15) is 195 Å². The van der Waals surface area contributed by atoms with Crippen LogP contribution in [0.25, 0.3) is 0 Å². The minimum absolute atomic E-state index is 0.00251. The van der Waals surface area contributed by atoms with Crippen molar-refractivity contribution in [3.63, 3.8) is 0 Å². The Morgan fingerprint density at radius 1 is 0.596 bits per heavy atom. The van der Waals surface area contributed by atoms with E-state index in [0.29, 0.717) is 70.4 Å². The number of alkyl halides is 4. The van der Waals surface area contributed by atoms with Crippen LogP contribution in [0.4, 0.5) is 13.2 Å². The molecule has 0 radical (unpaired) electrons. The lowest BCUT2D eigenvalue weighted by molar-refractivity contribution is -0.182. The van der Waals surface area contributed by atoms with Crippen LogP contribution in [0.2, 0.25) is 0 Å². The third kappa shape index (κ3) is 19.9. The number of carbonyl (C=O) groups excluding carboxylic acids is 12. The van der Waals surface area contributed by atoms with E-state index in [0.717, 1.165) is 59.6 Å². The zero-order valence-electron chi connectivity index (χ0n) is 60.6. The van der Waals surface area contributed by atoms with Crippen molar-refractivity contribution in [2.75, 3.05) is 88.6 Å². The van der Waals surface area contributed by atoms with Gasteiger partial charge < -0.3 is 60.0 Å². The van der Waals surface area contributed by atoms with E-state index in [1.54, 1.807) is 18.7 Å². The second-order valence-electron chi connectivity index (χ2n) is 30.3. The zero-order chi connectivity index (χ0) is 73.0. The fourth-order valence-electron chi connectivity index (χ4n) is 16.5. The van der Waals surface area contributed by atoms with Gasteiger partial charge in [0.1, 0.15) is 47.8 Å². The van der Waals surface area contributed by atoms with Gasteiger partial charge in [-0.2, -0.15) is 13.2 Å². The number of hydrogen-bond acceptors (Lipinski definition) is 12. The number of amides is 12. The Hall–Kier alpha value is -6.28. The number of carbonyl (C=O) groups is 12. The Bertz CT molecular complexity index is 2880. The van der Waals surface area contributed by atoms with Crippen molar-refractivity contribution in [2.45, 2.75) is 254 Å². The first-order chi connectivity index (χ1) is 46.7. The van der Waals surface area contributed by atoms with Gasteiger partial charge in [-0.15, -0.1) is 11.6 Å². The molecule has 3 N–H and O–H groups in total. The van der Waals surface area contributed by atoms with Crippen LogP contribution in [-0.4, -0.2) is 263 Å². The molecule has 0 aromatic carbocycles. The first-order valence-electron chi connectivity index (χ1n) is 36.7. The highest BCUT2D eigenvalue weighted by atomic mass is 35.5. The van der Waals surface area contributed by atoms with Gasteiger partial charge in [0.25, 0.3) is 0 Å². The quantitative estimate of drug-likeness (QED) is 0.222. The van der Waals surface area contributed by atoms with Crippen molar-refractivity contribution in [1.82, 2.24) is 60.0 Å². The predicted octanol–water partition coefficient (Wildman–Crippen LogP) is 5.70. The summed E-state index contributed by atoms with van der Waals surface area (Å²) in [5, 5.41) is 7.58. The predicted molar refractivity (Wildman–Crippen MR) is 365 cm³/mol. The number of likely N-dealkylation sites (tertiary alicyclic amines) is 1. The molecule has 4 saturated carbocycles. The summed E-state index contributed by atoms with van der Waals surface area (Å²) >= 11 is 6.41. The maximum absolute atomic E-state index is 15.7. The van der Waals surface area contributed by atoms with Crippen molar-refractivity contribution < 1.29 is 70.7 Å². The summed E-state index contributed by atoms with van der Waals surface area (Å²) in [5.74, 6) is -9.91. The number of nitrogens with zero attached hydrogens (tertiary/aromatic N) is 9. The molecule has 558 valence electrons. The fraction of sp³-hybridized carbons (Fsp3) is 0.831. The molecule has 7 rings (SSSR count). The molecule has 12 amide bonds. The van der Waals surface area contributed by atoms with Crippen molar-refractivity contribution in [1.29, 1.82) is 0 Å². The van der Waals surface area contributed by atoms with Gasteiger partial charge >= 0.3 is 6.18 Å². The summed E-state index contributed by atoms with van der Waals surface area (Å²) in [6.45, 7) is 6.66. The number of halogens is 4. The first kappa shape index (κ1) is 80.0. The van der Waals surface area contributed by atoms with E-state index in [1.807, 2.05) is 6.92 Å². The highest BCUT2D eigenvalue weighted by Crippen LogP contribution is 2.44. The molecular formula is C71H114ClF3N12O12. The molecule has 0 aromatic rings. The molecule has 7 fully saturated rings. The van der Waals surface area contributed by atoms with Gasteiger partial charge in [-0.1, -0.05) is 91.9 Å². The molecule has 28 heteroatoms. The molecule has 1 spiro atoms. The van der Waals surface area contributed by atoms with Crippen LogP contribution >= 0.6 is 11.6 Å². The van der Waals surface area contributed by atoms with Crippen molar-refractivity contribution in [3.8, 4) is 0 Å². The van der Waals surface area contributed by atoms with Gasteiger partial charge in [-0.3, -0.25) is 57.5 Å². The summed E-state index contributed by atoms with van der Waals surface area (Å²) in [5.41, 5.74) is -1.55. The maximum Gasteiger partial charge on any atom is 0.393 e. The lowest BCUT2D eigenvalue weighted by Crippen LogP contribution is -2.65. The van der Waals surface area contributed by atoms with Crippen molar-refractivity contribution in [3.05, 3.63) is 0 Å². The van der Waals surface area contributed by atoms with Crippen molar-refractivity contribution in [2.24, 2.45) is 35.5 Å². The molecule has 99 heavy (non-hydrogen) atoms. The first-order valence-corrected chi connectivity index (χ1v) is 37.2. The van der Waals surface area contributed by atoms with Gasteiger partial charge in [-0.25, -0.2) is 0 Å². The second kappa shape index (κ2) is 35.5. The molecule has 0 bridgehead atoms. The molecular weight excluding hydrogens is 1310 g/mol. The summed E-state index contributed by atoms with van der Waals surface area (Å²) in [7, 11) is 10.0. The van der Waals surface area contributed by atoms with Crippen LogP contribution in [0.3, 0.4) is 0 Å². The topological polar surface area (TPSA) is 270 Å². The highest BCUT2D eigenvalue weighted by molar-refractivity contribution is 6.21. The molecule has 4 aliphatic carbocycles. The Balaban J connectivity index is 1.26. The van der Waals surface area contributed by atoms with Gasteiger partial charge in [0.05, 0.1) is 32.0 Å². The fourth-order valence-corrected chi connectivity index (χ4v) is 17.1. The smallest absolute Gasteiger partial charge is 0.343 e. The molecule has 3 saturated heterocycles. The molecule has 7 aliphatic rings. The average molecular weight is 1420 g/mol. The summed E-state index contributed by atoms with van der Waals surface area (Å²) in [6.07, 6.45) is 6.00. The minimum atomic E-state index is -4.51. The van der Waals surface area contributed by atoms with E-state index in [1.165, 1.54) is 73.8 Å². The Morgan fingerprint density at radius 2 is 1.20 bits per heavy atom. The molecule has 3 aliphatic heterocycles. The number of likely N-dealkylation sites (N-methyl/N-ethyl adjacent to an activating group) is 7. The van der Waals surface area contributed by atoms with Gasteiger partial charge in [0, 0.05) is 74.3 Å². The summed E-state index contributed by atoms with van der Waals surface area (Å²) in [4.78, 5) is 190. The van der Waals surface area contributed by atoms with E-state index in [2.05, 4.69) is 22.9 Å².